The first-order valence-corrected chi connectivity index (χ1v) is 10.3. The van der Waals surface area contributed by atoms with Gasteiger partial charge in [-0.15, -0.1) is 0 Å². The summed E-state index contributed by atoms with van der Waals surface area (Å²) in [6.07, 6.45) is -0.586. The zero-order valence-corrected chi connectivity index (χ0v) is 18.0. The summed E-state index contributed by atoms with van der Waals surface area (Å²) in [5, 5.41) is 23.3. The van der Waals surface area contributed by atoms with Gasteiger partial charge in [0.15, 0.2) is 11.4 Å². The number of benzene rings is 3. The second-order valence-corrected chi connectivity index (χ2v) is 8.32. The Morgan fingerprint density at radius 2 is 1.72 bits per heavy atom. The summed E-state index contributed by atoms with van der Waals surface area (Å²) >= 11 is 12.0. The minimum atomic E-state index is -2.16. The van der Waals surface area contributed by atoms with Gasteiger partial charge in [0, 0.05) is 33.3 Å². The summed E-state index contributed by atoms with van der Waals surface area (Å²) in [7, 11) is 0. The molecule has 1 heterocycles. The van der Waals surface area contributed by atoms with Gasteiger partial charge in [-0.05, 0) is 35.9 Å². The standard InChI is InChI=1S/C23H16Cl2N2O5/c24-16-6-4-14(5-7-16)13-26-20-9-8-17(25)11-19(20)23(30,22(26)29)12-21(28)15-2-1-3-18(10-15)27(31)32/h1-11,30H,12-13H2/t23-/m0/s1. The molecule has 0 spiro atoms. The number of non-ortho nitro benzene ring substituents is 1. The van der Waals surface area contributed by atoms with Crippen LogP contribution in [-0.4, -0.2) is 21.7 Å². The van der Waals surface area contributed by atoms with Gasteiger partial charge in [0.05, 0.1) is 23.6 Å². The van der Waals surface area contributed by atoms with E-state index in [-0.39, 0.29) is 23.4 Å². The Morgan fingerprint density at radius 1 is 1.03 bits per heavy atom. The van der Waals surface area contributed by atoms with Crippen LogP contribution < -0.4 is 4.90 Å². The number of nitrogens with zero attached hydrogens (tertiary/aromatic N) is 2. The van der Waals surface area contributed by atoms with E-state index in [2.05, 4.69) is 0 Å². The number of nitro benzene ring substituents is 1. The summed E-state index contributed by atoms with van der Waals surface area (Å²) in [5.74, 6) is -1.28. The van der Waals surface area contributed by atoms with Crippen molar-refractivity contribution >= 4 is 46.3 Å². The largest absolute Gasteiger partial charge is 0.375 e. The molecule has 0 aromatic heterocycles. The van der Waals surface area contributed by atoms with E-state index in [9.17, 15) is 24.8 Å². The molecule has 0 saturated heterocycles. The molecule has 1 aliphatic heterocycles. The maximum absolute atomic E-state index is 13.4. The number of amides is 1. The lowest BCUT2D eigenvalue weighted by atomic mass is 9.88. The molecule has 1 atom stereocenters. The van der Waals surface area contributed by atoms with Crippen LogP contribution in [-0.2, 0) is 16.9 Å². The molecule has 0 aliphatic carbocycles. The molecule has 0 radical (unpaired) electrons. The molecule has 3 aromatic carbocycles. The highest BCUT2D eigenvalue weighted by Crippen LogP contribution is 2.44. The average Bonchev–Trinajstić information content (AvgIpc) is 2.96. The molecular formula is C23H16Cl2N2O5. The maximum Gasteiger partial charge on any atom is 0.270 e. The number of halogens is 2. The van der Waals surface area contributed by atoms with E-state index in [0.717, 1.165) is 11.6 Å². The first-order valence-electron chi connectivity index (χ1n) is 9.55. The first kappa shape index (κ1) is 22.0. The highest BCUT2D eigenvalue weighted by atomic mass is 35.5. The summed E-state index contributed by atoms with van der Waals surface area (Å²) in [6, 6.07) is 16.7. The number of aliphatic hydroxyl groups is 1. The summed E-state index contributed by atoms with van der Waals surface area (Å²) in [4.78, 5) is 38.1. The number of Topliss-reactive ketones (excluding diaryl/α,β-unsaturated/α-hetero) is 1. The van der Waals surface area contributed by atoms with Crippen molar-refractivity contribution in [3.8, 4) is 0 Å². The van der Waals surface area contributed by atoms with E-state index >= 15 is 0 Å². The number of hydrogen-bond donors (Lipinski definition) is 1. The lowest BCUT2D eigenvalue weighted by Crippen LogP contribution is -2.41. The number of carbonyl (C=O) groups excluding carboxylic acids is 2. The summed E-state index contributed by atoms with van der Waals surface area (Å²) in [5.41, 5.74) is -0.966. The van der Waals surface area contributed by atoms with Crippen molar-refractivity contribution in [2.75, 3.05) is 4.90 Å². The third-order valence-electron chi connectivity index (χ3n) is 5.34. The van der Waals surface area contributed by atoms with Gasteiger partial charge in [-0.2, -0.15) is 0 Å². The van der Waals surface area contributed by atoms with Gasteiger partial charge in [-0.25, -0.2) is 0 Å². The molecule has 0 saturated carbocycles. The van der Waals surface area contributed by atoms with Crippen molar-refractivity contribution < 1.29 is 19.6 Å². The van der Waals surface area contributed by atoms with Crippen molar-refractivity contribution in [2.45, 2.75) is 18.6 Å². The van der Waals surface area contributed by atoms with E-state index < -0.39 is 28.6 Å². The van der Waals surface area contributed by atoms with Gasteiger partial charge in [-0.3, -0.25) is 19.7 Å². The molecule has 32 heavy (non-hydrogen) atoms. The predicted molar refractivity (Wildman–Crippen MR) is 120 cm³/mol. The van der Waals surface area contributed by atoms with Gasteiger partial charge in [-0.1, -0.05) is 47.5 Å². The Hall–Kier alpha value is -3.26. The van der Waals surface area contributed by atoms with Crippen LogP contribution in [0.5, 0.6) is 0 Å². The van der Waals surface area contributed by atoms with Crippen LogP contribution in [0.4, 0.5) is 11.4 Å². The minimum absolute atomic E-state index is 0.0279. The molecule has 0 bridgehead atoms. The smallest absolute Gasteiger partial charge is 0.270 e. The lowest BCUT2D eigenvalue weighted by molar-refractivity contribution is -0.384. The molecule has 9 heteroatoms. The SMILES string of the molecule is O=C(C[C@@]1(O)C(=O)N(Cc2ccc(Cl)cc2)c2ccc(Cl)cc21)c1cccc([N+](=O)[O-])c1. The van der Waals surface area contributed by atoms with E-state index in [0.29, 0.717) is 15.7 Å². The zero-order chi connectivity index (χ0) is 23.0. The molecule has 1 N–H and O–H groups in total. The van der Waals surface area contributed by atoms with E-state index in [1.165, 1.54) is 29.2 Å². The number of ketones is 1. The van der Waals surface area contributed by atoms with Gasteiger partial charge in [0.2, 0.25) is 0 Å². The van der Waals surface area contributed by atoms with Crippen LogP contribution in [0.25, 0.3) is 0 Å². The highest BCUT2D eigenvalue weighted by Gasteiger charge is 2.51. The quantitative estimate of drug-likeness (QED) is 0.313. The number of nitro groups is 1. The Balaban J connectivity index is 1.70. The van der Waals surface area contributed by atoms with Gasteiger partial charge >= 0.3 is 0 Å². The molecule has 162 valence electrons. The van der Waals surface area contributed by atoms with Crippen molar-refractivity contribution in [1.82, 2.24) is 0 Å². The van der Waals surface area contributed by atoms with Crippen LogP contribution in [0.15, 0.2) is 66.7 Å². The van der Waals surface area contributed by atoms with Gasteiger partial charge in [0.25, 0.3) is 11.6 Å². The Bertz CT molecular complexity index is 1250. The number of carbonyl (C=O) groups is 2. The van der Waals surface area contributed by atoms with Crippen LogP contribution in [0.2, 0.25) is 10.0 Å². The van der Waals surface area contributed by atoms with E-state index in [1.54, 1.807) is 36.4 Å². The van der Waals surface area contributed by atoms with Crippen molar-refractivity contribution in [3.05, 3.63) is 104 Å². The highest BCUT2D eigenvalue weighted by molar-refractivity contribution is 6.31. The lowest BCUT2D eigenvalue weighted by Gasteiger charge is -2.23. The van der Waals surface area contributed by atoms with E-state index in [4.69, 9.17) is 23.2 Å². The number of fused-ring (bicyclic) bond motifs is 1. The number of anilines is 1. The second-order valence-electron chi connectivity index (χ2n) is 7.45. The molecule has 0 unspecified atom stereocenters. The third-order valence-corrected chi connectivity index (χ3v) is 5.83. The molecule has 3 aromatic rings. The van der Waals surface area contributed by atoms with Crippen molar-refractivity contribution in [3.63, 3.8) is 0 Å². The molecular weight excluding hydrogens is 455 g/mol. The summed E-state index contributed by atoms with van der Waals surface area (Å²) in [6.45, 7) is 0.151. The van der Waals surface area contributed by atoms with Gasteiger partial charge in [0.1, 0.15) is 0 Å². The molecule has 0 fully saturated rings. The predicted octanol–water partition coefficient (Wildman–Crippen LogP) is 4.91. The van der Waals surface area contributed by atoms with Crippen LogP contribution >= 0.6 is 23.2 Å². The maximum atomic E-state index is 13.4. The summed E-state index contributed by atoms with van der Waals surface area (Å²) < 4.78 is 0. The van der Waals surface area contributed by atoms with Crippen molar-refractivity contribution in [1.29, 1.82) is 0 Å². The fourth-order valence-electron chi connectivity index (χ4n) is 3.75. The number of rotatable bonds is 6. The van der Waals surface area contributed by atoms with Gasteiger partial charge < -0.3 is 10.0 Å². The Morgan fingerprint density at radius 3 is 2.41 bits per heavy atom. The fraction of sp³-hybridized carbons (Fsp3) is 0.130. The van der Waals surface area contributed by atoms with Crippen LogP contribution in [0.3, 0.4) is 0 Å². The Kier molecular flexibility index (Phi) is 5.73. The molecule has 1 aliphatic rings. The zero-order valence-electron chi connectivity index (χ0n) is 16.5. The fourth-order valence-corrected chi connectivity index (χ4v) is 4.05. The monoisotopic (exact) mass is 470 g/mol. The second kappa shape index (κ2) is 8.35. The van der Waals surface area contributed by atoms with E-state index in [1.807, 2.05) is 0 Å². The molecule has 1 amide bonds. The topological polar surface area (TPSA) is 101 Å². The van der Waals surface area contributed by atoms with Crippen LogP contribution in [0, 0.1) is 10.1 Å². The minimum Gasteiger partial charge on any atom is -0.375 e. The van der Waals surface area contributed by atoms with Crippen LogP contribution in [0.1, 0.15) is 27.9 Å². The molecule has 7 nitrogen and oxygen atoms in total. The molecule has 4 rings (SSSR count). The average molecular weight is 471 g/mol. The normalized spacial score (nSPS) is 17.3. The number of hydrogen-bond acceptors (Lipinski definition) is 5. The van der Waals surface area contributed by atoms with Crippen molar-refractivity contribution in [2.24, 2.45) is 0 Å². The first-order chi connectivity index (χ1) is 15.2. The Labute approximate surface area is 193 Å². The third kappa shape index (κ3) is 3.98.